The fraction of sp³-hybridized carbons (Fsp3) is 0.0169. The lowest BCUT2D eigenvalue weighted by Crippen LogP contribution is -2.28. The van der Waals surface area contributed by atoms with E-state index in [0.717, 1.165) is 50.1 Å². The molecule has 0 N–H and O–H groups in total. The summed E-state index contributed by atoms with van der Waals surface area (Å²) >= 11 is 0. The first-order valence-electron chi connectivity index (χ1n) is 21.0. The van der Waals surface area contributed by atoms with Crippen molar-refractivity contribution in [2.75, 3.05) is 4.90 Å². The van der Waals surface area contributed by atoms with Crippen LogP contribution in [-0.4, -0.2) is 0 Å². The summed E-state index contributed by atoms with van der Waals surface area (Å²) in [5, 5.41) is 4.67. The maximum Gasteiger partial charge on any atom is 0.137 e. The Hall–Kier alpha value is -7.94. The molecule has 1 aliphatic rings. The summed E-state index contributed by atoms with van der Waals surface area (Å²) in [4.78, 5) is 2.44. The van der Waals surface area contributed by atoms with E-state index < -0.39 is 5.41 Å². The summed E-state index contributed by atoms with van der Waals surface area (Å²) in [5.41, 5.74) is 16.7. The third-order valence-electron chi connectivity index (χ3n) is 12.7. The first-order chi connectivity index (χ1) is 30.3. The van der Waals surface area contributed by atoms with Crippen LogP contribution in [-0.2, 0) is 5.41 Å². The molecule has 286 valence electrons. The molecule has 0 radical (unpaired) electrons. The predicted octanol–water partition coefficient (Wildman–Crippen LogP) is 15.9. The molecule has 0 saturated heterocycles. The number of hydrogen-bond acceptors (Lipinski definition) is 2. The Morgan fingerprint density at radius 1 is 0.344 bits per heavy atom. The highest BCUT2D eigenvalue weighted by Gasteiger charge is 2.46. The highest BCUT2D eigenvalue weighted by molar-refractivity contribution is 6.13. The molecule has 11 aromatic rings. The molecule has 0 bridgehead atoms. The van der Waals surface area contributed by atoms with Crippen molar-refractivity contribution in [2.24, 2.45) is 0 Å². The Morgan fingerprint density at radius 2 is 0.918 bits per heavy atom. The number of furan rings is 1. The van der Waals surface area contributed by atoms with E-state index >= 15 is 0 Å². The molecule has 0 saturated carbocycles. The Kier molecular flexibility index (Phi) is 8.11. The first-order valence-corrected chi connectivity index (χ1v) is 21.0. The second-order valence-corrected chi connectivity index (χ2v) is 16.0. The van der Waals surface area contributed by atoms with Gasteiger partial charge in [-0.1, -0.05) is 188 Å². The molecule has 0 unspecified atom stereocenters. The number of para-hydroxylation sites is 1. The number of benzene rings is 10. The second-order valence-electron chi connectivity index (χ2n) is 16.0. The van der Waals surface area contributed by atoms with E-state index in [9.17, 15) is 0 Å². The van der Waals surface area contributed by atoms with Crippen molar-refractivity contribution in [3.8, 4) is 33.4 Å². The highest BCUT2D eigenvalue weighted by Crippen LogP contribution is 2.57. The molecule has 1 heterocycles. The minimum absolute atomic E-state index is 0.533. The van der Waals surface area contributed by atoms with Crippen LogP contribution in [0.5, 0.6) is 0 Å². The minimum atomic E-state index is -0.533. The van der Waals surface area contributed by atoms with Crippen molar-refractivity contribution < 1.29 is 4.42 Å². The van der Waals surface area contributed by atoms with E-state index in [4.69, 9.17) is 4.42 Å². The molecule has 2 nitrogen and oxygen atoms in total. The fourth-order valence-electron chi connectivity index (χ4n) is 10.1. The summed E-state index contributed by atoms with van der Waals surface area (Å²) in [6, 6.07) is 86.1. The molecule has 1 aromatic heterocycles. The van der Waals surface area contributed by atoms with Crippen LogP contribution in [0.3, 0.4) is 0 Å². The molecule has 0 fully saturated rings. The minimum Gasteiger partial charge on any atom is -0.456 e. The summed E-state index contributed by atoms with van der Waals surface area (Å²) in [7, 11) is 0. The monoisotopic (exact) mass is 777 g/mol. The first kappa shape index (κ1) is 35.0. The molecule has 0 amide bonds. The van der Waals surface area contributed by atoms with Gasteiger partial charge in [-0.2, -0.15) is 0 Å². The van der Waals surface area contributed by atoms with E-state index in [0.29, 0.717) is 0 Å². The molecule has 12 rings (SSSR count). The molecule has 10 aromatic carbocycles. The van der Waals surface area contributed by atoms with Crippen LogP contribution in [0.15, 0.2) is 241 Å². The van der Waals surface area contributed by atoms with Crippen LogP contribution in [0.25, 0.3) is 66.1 Å². The van der Waals surface area contributed by atoms with Crippen LogP contribution >= 0.6 is 0 Å². The lowest BCUT2D eigenvalue weighted by atomic mass is 9.67. The van der Waals surface area contributed by atoms with Gasteiger partial charge in [-0.15, -0.1) is 0 Å². The molecule has 1 aliphatic carbocycles. The van der Waals surface area contributed by atoms with E-state index in [2.05, 4.69) is 235 Å². The van der Waals surface area contributed by atoms with Crippen molar-refractivity contribution >= 4 is 49.8 Å². The van der Waals surface area contributed by atoms with Crippen LogP contribution in [0, 0.1) is 0 Å². The van der Waals surface area contributed by atoms with Crippen LogP contribution in [0.4, 0.5) is 17.1 Å². The van der Waals surface area contributed by atoms with Crippen molar-refractivity contribution in [3.05, 3.63) is 259 Å². The van der Waals surface area contributed by atoms with Gasteiger partial charge < -0.3 is 9.32 Å². The second kappa shape index (κ2) is 14.1. The average Bonchev–Trinajstić information content (AvgIpc) is 3.86. The highest BCUT2D eigenvalue weighted by atomic mass is 16.3. The molecule has 0 spiro atoms. The van der Waals surface area contributed by atoms with Gasteiger partial charge in [0.2, 0.25) is 0 Å². The van der Waals surface area contributed by atoms with Gasteiger partial charge in [-0.05, 0) is 115 Å². The van der Waals surface area contributed by atoms with E-state index in [1.54, 1.807) is 0 Å². The smallest absolute Gasteiger partial charge is 0.137 e. The van der Waals surface area contributed by atoms with Crippen molar-refractivity contribution in [2.45, 2.75) is 5.41 Å². The zero-order valence-electron chi connectivity index (χ0n) is 33.4. The van der Waals surface area contributed by atoms with E-state index in [1.165, 1.54) is 55.3 Å². The maximum atomic E-state index is 6.53. The molecule has 2 heteroatoms. The van der Waals surface area contributed by atoms with Gasteiger partial charge >= 0.3 is 0 Å². The maximum absolute atomic E-state index is 6.53. The van der Waals surface area contributed by atoms with Crippen LogP contribution in [0.1, 0.15) is 22.3 Å². The number of fused-ring (bicyclic) bond motifs is 7. The summed E-state index contributed by atoms with van der Waals surface area (Å²) in [5.74, 6) is 0. The zero-order chi connectivity index (χ0) is 40.3. The van der Waals surface area contributed by atoms with Gasteiger partial charge in [-0.3, -0.25) is 0 Å². The SMILES string of the molecule is c1ccc(C2(c3ccccc3)c3ccccc3-c3ccc(N(c4cccc(-c5cccc(-c6cccc7ccccc67)c5)c4)c4cccc5oc6ccccc6c45)cc32)cc1. The largest absolute Gasteiger partial charge is 0.456 e. The Labute approximate surface area is 355 Å². The summed E-state index contributed by atoms with van der Waals surface area (Å²) in [6.45, 7) is 0. The fourth-order valence-corrected chi connectivity index (χ4v) is 10.1. The van der Waals surface area contributed by atoms with Crippen LogP contribution in [0.2, 0.25) is 0 Å². The molecule has 61 heavy (non-hydrogen) atoms. The Morgan fingerprint density at radius 3 is 1.75 bits per heavy atom. The van der Waals surface area contributed by atoms with Gasteiger partial charge in [-0.25, -0.2) is 0 Å². The van der Waals surface area contributed by atoms with Gasteiger partial charge in [0.05, 0.1) is 16.5 Å². The number of hydrogen-bond donors (Lipinski definition) is 0. The molecular weight excluding hydrogens is 739 g/mol. The van der Waals surface area contributed by atoms with Gasteiger partial charge in [0.15, 0.2) is 0 Å². The zero-order valence-corrected chi connectivity index (χ0v) is 33.4. The number of rotatable bonds is 7. The van der Waals surface area contributed by atoms with Crippen LogP contribution < -0.4 is 4.90 Å². The number of anilines is 3. The summed E-state index contributed by atoms with van der Waals surface area (Å²) in [6.07, 6.45) is 0. The third-order valence-corrected chi connectivity index (χ3v) is 12.7. The van der Waals surface area contributed by atoms with E-state index in [1.807, 2.05) is 6.07 Å². The average molecular weight is 778 g/mol. The lowest BCUT2D eigenvalue weighted by Gasteiger charge is -2.35. The van der Waals surface area contributed by atoms with Gasteiger partial charge in [0.25, 0.3) is 0 Å². The normalized spacial score (nSPS) is 12.7. The van der Waals surface area contributed by atoms with Crippen molar-refractivity contribution in [1.29, 1.82) is 0 Å². The van der Waals surface area contributed by atoms with Crippen molar-refractivity contribution in [1.82, 2.24) is 0 Å². The van der Waals surface area contributed by atoms with Crippen molar-refractivity contribution in [3.63, 3.8) is 0 Å². The topological polar surface area (TPSA) is 16.4 Å². The molecule has 0 aliphatic heterocycles. The summed E-state index contributed by atoms with van der Waals surface area (Å²) < 4.78 is 6.53. The molecular formula is C59H39NO. The Bertz CT molecular complexity index is 3390. The number of nitrogens with zero attached hydrogens (tertiary/aromatic N) is 1. The quantitative estimate of drug-likeness (QED) is 0.160. The molecule has 0 atom stereocenters. The standard InChI is InChI=1S/C59H39NO/c1-3-22-44(23-4-1)59(45-24-5-2-6-25-45)53-31-11-9-28-50(53)51-36-35-47(39-54(51)59)60(55-32-16-34-57-58(55)52-29-10-12-33-56(52)61-57)46-26-14-20-42(38-46)41-19-13-21-43(37-41)49-30-15-18-40-17-7-8-27-48(40)49/h1-39H. The van der Waals surface area contributed by atoms with Gasteiger partial charge in [0.1, 0.15) is 11.2 Å². The predicted molar refractivity (Wildman–Crippen MR) is 254 cm³/mol. The van der Waals surface area contributed by atoms with Gasteiger partial charge in [0, 0.05) is 16.8 Å². The third kappa shape index (κ3) is 5.50. The Balaban J connectivity index is 1.10. The lowest BCUT2D eigenvalue weighted by molar-refractivity contribution is 0.669. The van der Waals surface area contributed by atoms with E-state index in [-0.39, 0.29) is 0 Å².